The van der Waals surface area contributed by atoms with E-state index >= 15 is 0 Å². The molecule has 26 heavy (non-hydrogen) atoms. The smallest absolute Gasteiger partial charge is 0.332 e. The Kier molecular flexibility index (Phi) is 4.39. The van der Waals surface area contributed by atoms with Gasteiger partial charge >= 0.3 is 11.7 Å². The standard InChI is InChI=1S/C17H20N4O5/c1-9-7-11(14(22)21-6-4-5-10(8-21)16(24)25)18-13-12(9)15(23)20(3)17(26)19(13)2/h7,10H,4-6,8H2,1-3H3,(H,24,25). The van der Waals surface area contributed by atoms with Crippen LogP contribution in [0, 0.1) is 12.8 Å². The lowest BCUT2D eigenvalue weighted by atomic mass is 9.98. The Hall–Kier alpha value is -2.97. The van der Waals surface area contributed by atoms with E-state index in [0.717, 1.165) is 4.57 Å². The van der Waals surface area contributed by atoms with Gasteiger partial charge in [0.2, 0.25) is 0 Å². The van der Waals surface area contributed by atoms with Gasteiger partial charge in [-0.15, -0.1) is 0 Å². The molecule has 138 valence electrons. The number of piperidine rings is 1. The zero-order valence-electron chi connectivity index (χ0n) is 14.9. The van der Waals surface area contributed by atoms with Gasteiger partial charge in [-0.1, -0.05) is 0 Å². The summed E-state index contributed by atoms with van der Waals surface area (Å²) in [6, 6.07) is 1.51. The van der Waals surface area contributed by atoms with Gasteiger partial charge in [-0.2, -0.15) is 0 Å². The van der Waals surface area contributed by atoms with Crippen molar-refractivity contribution in [2.24, 2.45) is 20.0 Å². The minimum absolute atomic E-state index is 0.101. The summed E-state index contributed by atoms with van der Waals surface area (Å²) in [6.45, 7) is 2.27. The highest BCUT2D eigenvalue weighted by molar-refractivity contribution is 5.95. The minimum Gasteiger partial charge on any atom is -0.481 e. The number of nitrogens with zero attached hydrogens (tertiary/aromatic N) is 4. The molecular formula is C17H20N4O5. The average Bonchev–Trinajstić information content (AvgIpc) is 2.63. The number of hydrogen-bond donors (Lipinski definition) is 1. The molecular weight excluding hydrogens is 340 g/mol. The summed E-state index contributed by atoms with van der Waals surface area (Å²) in [5.74, 6) is -1.91. The fourth-order valence-electron chi connectivity index (χ4n) is 3.37. The highest BCUT2D eigenvalue weighted by Crippen LogP contribution is 2.20. The van der Waals surface area contributed by atoms with Crippen molar-refractivity contribution in [3.63, 3.8) is 0 Å². The van der Waals surface area contributed by atoms with E-state index in [-0.39, 0.29) is 23.3 Å². The summed E-state index contributed by atoms with van der Waals surface area (Å²) in [4.78, 5) is 54.3. The first kappa shape index (κ1) is 17.8. The lowest BCUT2D eigenvalue weighted by molar-refractivity contribution is -0.143. The number of fused-ring (bicyclic) bond motifs is 1. The van der Waals surface area contributed by atoms with Gasteiger partial charge in [-0.25, -0.2) is 9.78 Å². The molecule has 1 aliphatic heterocycles. The van der Waals surface area contributed by atoms with E-state index in [1.54, 1.807) is 6.92 Å². The van der Waals surface area contributed by atoms with Gasteiger partial charge in [-0.3, -0.25) is 23.5 Å². The van der Waals surface area contributed by atoms with Crippen molar-refractivity contribution in [3.05, 3.63) is 38.2 Å². The van der Waals surface area contributed by atoms with Crippen LogP contribution in [0.15, 0.2) is 15.7 Å². The van der Waals surface area contributed by atoms with Crippen LogP contribution in [0.1, 0.15) is 28.9 Å². The summed E-state index contributed by atoms with van der Waals surface area (Å²) in [5.41, 5.74) is -0.196. The molecule has 1 saturated heterocycles. The monoisotopic (exact) mass is 360 g/mol. The van der Waals surface area contributed by atoms with Crippen molar-refractivity contribution in [1.29, 1.82) is 0 Å². The van der Waals surface area contributed by atoms with Crippen molar-refractivity contribution in [3.8, 4) is 0 Å². The molecule has 0 bridgehead atoms. The van der Waals surface area contributed by atoms with Gasteiger partial charge < -0.3 is 10.0 Å². The van der Waals surface area contributed by atoms with Crippen LogP contribution in [0.3, 0.4) is 0 Å². The van der Waals surface area contributed by atoms with Crippen molar-refractivity contribution < 1.29 is 14.7 Å². The molecule has 3 heterocycles. The SMILES string of the molecule is Cc1cc(C(=O)N2CCCC(C(=O)O)C2)nc2c1c(=O)n(C)c(=O)n2C. The number of amides is 1. The van der Waals surface area contributed by atoms with E-state index < -0.39 is 29.0 Å². The van der Waals surface area contributed by atoms with Gasteiger partial charge in [0.25, 0.3) is 11.5 Å². The lowest BCUT2D eigenvalue weighted by Crippen LogP contribution is -2.43. The normalized spacial score (nSPS) is 17.5. The molecule has 3 rings (SSSR count). The van der Waals surface area contributed by atoms with E-state index in [1.165, 1.54) is 29.6 Å². The molecule has 9 nitrogen and oxygen atoms in total. The van der Waals surface area contributed by atoms with E-state index in [2.05, 4.69) is 4.98 Å². The third kappa shape index (κ3) is 2.79. The first-order valence-electron chi connectivity index (χ1n) is 8.31. The molecule has 0 radical (unpaired) electrons. The zero-order chi connectivity index (χ0) is 19.2. The first-order chi connectivity index (χ1) is 12.2. The number of carboxylic acid groups (broad SMARTS) is 1. The molecule has 0 spiro atoms. The fraction of sp³-hybridized carbons (Fsp3) is 0.471. The van der Waals surface area contributed by atoms with Crippen molar-refractivity contribution >= 4 is 22.9 Å². The largest absolute Gasteiger partial charge is 0.481 e. The molecule has 1 atom stereocenters. The van der Waals surface area contributed by atoms with Gasteiger partial charge in [0.05, 0.1) is 11.3 Å². The second-order valence-corrected chi connectivity index (χ2v) is 6.66. The Morgan fingerprint density at radius 2 is 1.92 bits per heavy atom. The average molecular weight is 360 g/mol. The molecule has 1 unspecified atom stereocenters. The number of carbonyl (C=O) groups is 2. The first-order valence-corrected chi connectivity index (χ1v) is 8.31. The summed E-state index contributed by atoms with van der Waals surface area (Å²) >= 11 is 0. The number of carbonyl (C=O) groups excluding carboxylic acids is 1. The second-order valence-electron chi connectivity index (χ2n) is 6.66. The number of likely N-dealkylation sites (tertiary alicyclic amines) is 1. The van der Waals surface area contributed by atoms with E-state index in [1.807, 2.05) is 0 Å². The molecule has 0 saturated carbocycles. The number of aliphatic carboxylic acids is 1. The predicted molar refractivity (Wildman–Crippen MR) is 93.2 cm³/mol. The number of hydrogen-bond acceptors (Lipinski definition) is 5. The van der Waals surface area contributed by atoms with Crippen LogP contribution in [0.4, 0.5) is 0 Å². The van der Waals surface area contributed by atoms with Crippen LogP contribution in [-0.4, -0.2) is 49.1 Å². The van der Waals surface area contributed by atoms with Crippen LogP contribution >= 0.6 is 0 Å². The van der Waals surface area contributed by atoms with Gasteiger partial charge in [0, 0.05) is 27.2 Å². The second kappa shape index (κ2) is 6.40. The molecule has 9 heteroatoms. The number of aryl methyl sites for hydroxylation is 2. The predicted octanol–water partition coefficient (Wildman–Crippen LogP) is -0.123. The Morgan fingerprint density at radius 1 is 1.23 bits per heavy atom. The molecule has 0 aliphatic carbocycles. The van der Waals surface area contributed by atoms with Crippen LogP contribution < -0.4 is 11.2 Å². The third-order valence-corrected chi connectivity index (χ3v) is 4.88. The van der Waals surface area contributed by atoms with Crippen LogP contribution in [0.25, 0.3) is 11.0 Å². The maximum Gasteiger partial charge on any atom is 0.332 e. The third-order valence-electron chi connectivity index (χ3n) is 4.88. The van der Waals surface area contributed by atoms with Crippen molar-refractivity contribution in [2.45, 2.75) is 19.8 Å². The topological polar surface area (TPSA) is 114 Å². The highest BCUT2D eigenvalue weighted by atomic mass is 16.4. The molecule has 1 N–H and O–H groups in total. The number of pyridine rings is 1. The molecule has 0 aromatic carbocycles. The Morgan fingerprint density at radius 3 is 2.58 bits per heavy atom. The van der Waals surface area contributed by atoms with E-state index in [4.69, 9.17) is 0 Å². The van der Waals surface area contributed by atoms with E-state index in [0.29, 0.717) is 24.9 Å². The van der Waals surface area contributed by atoms with Crippen LogP contribution in [0.2, 0.25) is 0 Å². The van der Waals surface area contributed by atoms with Crippen molar-refractivity contribution in [1.82, 2.24) is 19.0 Å². The Labute approximate surface area is 148 Å². The maximum absolute atomic E-state index is 12.8. The summed E-state index contributed by atoms with van der Waals surface area (Å²) in [6.07, 6.45) is 1.14. The van der Waals surface area contributed by atoms with Crippen molar-refractivity contribution in [2.75, 3.05) is 13.1 Å². The zero-order valence-corrected chi connectivity index (χ0v) is 14.9. The summed E-state index contributed by atoms with van der Waals surface area (Å²) in [7, 11) is 2.88. The molecule has 1 aliphatic rings. The fourth-order valence-corrected chi connectivity index (χ4v) is 3.37. The molecule has 2 aromatic rings. The van der Waals surface area contributed by atoms with Crippen LogP contribution in [0.5, 0.6) is 0 Å². The maximum atomic E-state index is 12.8. The Bertz CT molecular complexity index is 1040. The summed E-state index contributed by atoms with van der Waals surface area (Å²) in [5, 5.41) is 9.47. The minimum atomic E-state index is -0.920. The van der Waals surface area contributed by atoms with Gasteiger partial charge in [0.15, 0.2) is 0 Å². The lowest BCUT2D eigenvalue weighted by Gasteiger charge is -2.30. The number of carboxylic acids is 1. The molecule has 2 aromatic heterocycles. The Balaban J connectivity index is 2.09. The molecule has 1 fully saturated rings. The number of aromatic nitrogens is 3. The highest BCUT2D eigenvalue weighted by Gasteiger charge is 2.29. The van der Waals surface area contributed by atoms with Gasteiger partial charge in [-0.05, 0) is 31.4 Å². The quantitative estimate of drug-likeness (QED) is 0.798. The molecule has 1 amide bonds. The van der Waals surface area contributed by atoms with Gasteiger partial charge in [0.1, 0.15) is 11.3 Å². The van der Waals surface area contributed by atoms with E-state index in [9.17, 15) is 24.3 Å². The summed E-state index contributed by atoms with van der Waals surface area (Å²) < 4.78 is 2.23. The van der Waals surface area contributed by atoms with Crippen LogP contribution in [-0.2, 0) is 18.9 Å². The number of rotatable bonds is 2.